The Labute approximate surface area is 197 Å². The van der Waals surface area contributed by atoms with Gasteiger partial charge in [-0.15, -0.1) is 0 Å². The first kappa shape index (κ1) is 22.1. The lowest BCUT2D eigenvalue weighted by Gasteiger charge is -2.35. The van der Waals surface area contributed by atoms with E-state index in [2.05, 4.69) is 50.9 Å². The van der Waals surface area contributed by atoms with E-state index in [9.17, 15) is 0 Å². The summed E-state index contributed by atoms with van der Waals surface area (Å²) in [6, 6.07) is 18.2. The third-order valence-corrected chi connectivity index (χ3v) is 11.9. The van der Waals surface area contributed by atoms with E-state index < -0.39 is 8.32 Å². The maximum Gasteiger partial charge on any atom is 0.192 e. The van der Waals surface area contributed by atoms with Crippen molar-refractivity contribution < 1.29 is 9.16 Å². The molecule has 1 aromatic heterocycles. The molecule has 3 aromatic rings. The molecule has 0 atom stereocenters. The third kappa shape index (κ3) is 4.18. The molecular weight excluding hydrogens is 426 g/mol. The second-order valence-corrected chi connectivity index (χ2v) is 15.6. The van der Waals surface area contributed by atoms with E-state index in [1.165, 1.54) is 18.4 Å². The standard InChI is InChI=1S/C27H33N3O2Si/c1-26(2,3)33(4,5)31-18-24-28-17-21-25(29-24)30(19-27(21)15-16-27)22-13-9-10-14-23(22)32-20-11-7-6-8-12-20/h6-14,17H,15-16,18-19H2,1-5H3. The summed E-state index contributed by atoms with van der Waals surface area (Å²) < 4.78 is 12.7. The van der Waals surface area contributed by atoms with Crippen molar-refractivity contribution in [2.24, 2.45) is 0 Å². The van der Waals surface area contributed by atoms with Crippen LogP contribution in [-0.4, -0.2) is 24.8 Å². The first-order valence-electron chi connectivity index (χ1n) is 11.8. The summed E-state index contributed by atoms with van der Waals surface area (Å²) >= 11 is 0. The van der Waals surface area contributed by atoms with Crippen molar-refractivity contribution in [1.29, 1.82) is 0 Å². The fourth-order valence-corrected chi connectivity index (χ4v) is 5.06. The Balaban J connectivity index is 1.46. The van der Waals surface area contributed by atoms with E-state index >= 15 is 0 Å². The Morgan fingerprint density at radius 3 is 2.39 bits per heavy atom. The molecule has 0 N–H and O–H groups in total. The predicted octanol–water partition coefficient (Wildman–Crippen LogP) is 6.97. The lowest BCUT2D eigenvalue weighted by Crippen LogP contribution is -2.40. The monoisotopic (exact) mass is 459 g/mol. The van der Waals surface area contributed by atoms with Crippen LogP contribution in [0.4, 0.5) is 11.5 Å². The van der Waals surface area contributed by atoms with Gasteiger partial charge in [-0.05, 0) is 55.2 Å². The van der Waals surface area contributed by atoms with Crippen LogP contribution in [0, 0.1) is 0 Å². The van der Waals surface area contributed by atoms with Crippen molar-refractivity contribution in [3.8, 4) is 11.5 Å². The average Bonchev–Trinajstić information content (AvgIpc) is 3.50. The molecule has 1 fully saturated rings. The molecule has 5 rings (SSSR count). The van der Waals surface area contributed by atoms with Gasteiger partial charge in [-0.1, -0.05) is 51.1 Å². The molecule has 6 heteroatoms. The van der Waals surface area contributed by atoms with Gasteiger partial charge >= 0.3 is 0 Å². The average molecular weight is 460 g/mol. The van der Waals surface area contributed by atoms with Crippen molar-refractivity contribution in [3.63, 3.8) is 0 Å². The van der Waals surface area contributed by atoms with Gasteiger partial charge in [0.05, 0.1) is 12.3 Å². The second-order valence-electron chi connectivity index (χ2n) is 10.8. The summed E-state index contributed by atoms with van der Waals surface area (Å²) in [7, 11) is -1.88. The van der Waals surface area contributed by atoms with E-state index in [0.717, 1.165) is 35.4 Å². The molecule has 2 aromatic carbocycles. The van der Waals surface area contributed by atoms with Gasteiger partial charge in [-0.3, -0.25) is 0 Å². The number of ether oxygens (including phenoxy) is 1. The SMILES string of the molecule is CC(C)(C)[Si](C)(C)OCc1ncc2c(n1)N(c1ccccc1Oc1ccccc1)CC21CC1. The summed E-state index contributed by atoms with van der Waals surface area (Å²) in [4.78, 5) is 12.1. The van der Waals surface area contributed by atoms with E-state index in [1.807, 2.05) is 48.7 Å². The zero-order valence-corrected chi connectivity index (χ0v) is 21.3. The van der Waals surface area contributed by atoms with Gasteiger partial charge in [0.2, 0.25) is 0 Å². The number of hydrogen-bond donors (Lipinski definition) is 0. The molecule has 0 unspecified atom stereocenters. The predicted molar refractivity (Wildman–Crippen MR) is 135 cm³/mol. The highest BCUT2D eigenvalue weighted by Gasteiger charge is 2.53. The maximum atomic E-state index is 6.42. The molecule has 1 aliphatic carbocycles. The van der Waals surface area contributed by atoms with Gasteiger partial charge in [0.25, 0.3) is 0 Å². The summed E-state index contributed by atoms with van der Waals surface area (Å²) in [6.07, 6.45) is 4.41. The second kappa shape index (κ2) is 7.96. The number of hydrogen-bond acceptors (Lipinski definition) is 5. The first-order chi connectivity index (χ1) is 15.7. The molecule has 2 heterocycles. The molecule has 1 saturated carbocycles. The fraction of sp³-hybridized carbons (Fsp3) is 0.407. The lowest BCUT2D eigenvalue weighted by atomic mass is 10.0. The minimum atomic E-state index is -1.88. The zero-order valence-electron chi connectivity index (χ0n) is 20.3. The van der Waals surface area contributed by atoms with Crippen molar-refractivity contribution >= 4 is 19.8 Å². The van der Waals surface area contributed by atoms with Crippen LogP contribution in [0.2, 0.25) is 18.1 Å². The van der Waals surface area contributed by atoms with E-state index in [1.54, 1.807) is 0 Å². The van der Waals surface area contributed by atoms with Crippen LogP contribution in [0.1, 0.15) is 45.0 Å². The summed E-state index contributed by atoms with van der Waals surface area (Å²) in [5, 5.41) is 0.154. The number of fused-ring (bicyclic) bond motifs is 2. The van der Waals surface area contributed by atoms with Gasteiger partial charge in [0.1, 0.15) is 11.6 Å². The minimum Gasteiger partial charge on any atom is -0.455 e. The Hall–Kier alpha value is -2.70. The number of para-hydroxylation sites is 3. The molecule has 33 heavy (non-hydrogen) atoms. The van der Waals surface area contributed by atoms with Crippen LogP contribution in [0.3, 0.4) is 0 Å². The van der Waals surface area contributed by atoms with Crippen LogP contribution >= 0.6 is 0 Å². The van der Waals surface area contributed by atoms with Gasteiger partial charge in [-0.2, -0.15) is 0 Å². The van der Waals surface area contributed by atoms with Gasteiger partial charge in [0.15, 0.2) is 19.9 Å². The Morgan fingerprint density at radius 1 is 1.00 bits per heavy atom. The molecule has 0 amide bonds. The van der Waals surface area contributed by atoms with Crippen molar-refractivity contribution in [2.45, 2.75) is 63.8 Å². The largest absolute Gasteiger partial charge is 0.455 e. The van der Waals surface area contributed by atoms with Gasteiger partial charge in [-0.25, -0.2) is 9.97 Å². The van der Waals surface area contributed by atoms with Crippen LogP contribution in [-0.2, 0) is 16.4 Å². The summed E-state index contributed by atoms with van der Waals surface area (Å²) in [5.74, 6) is 3.42. The Kier molecular flexibility index (Phi) is 5.33. The lowest BCUT2D eigenvalue weighted by molar-refractivity contribution is 0.267. The van der Waals surface area contributed by atoms with Crippen LogP contribution in [0.15, 0.2) is 60.8 Å². The molecule has 2 aliphatic rings. The Morgan fingerprint density at radius 2 is 1.70 bits per heavy atom. The number of rotatable bonds is 6. The van der Waals surface area contributed by atoms with Crippen molar-refractivity contribution in [3.05, 3.63) is 72.2 Å². The molecule has 0 bridgehead atoms. The molecule has 172 valence electrons. The number of anilines is 2. The third-order valence-electron chi connectivity index (χ3n) is 7.46. The number of benzene rings is 2. The van der Waals surface area contributed by atoms with Crippen molar-refractivity contribution in [2.75, 3.05) is 11.4 Å². The normalized spacial score (nSPS) is 16.7. The quantitative estimate of drug-likeness (QED) is 0.372. The van der Waals surface area contributed by atoms with Crippen LogP contribution < -0.4 is 9.64 Å². The molecule has 0 saturated heterocycles. The highest BCUT2D eigenvalue weighted by Crippen LogP contribution is 2.58. The number of aromatic nitrogens is 2. The van der Waals surface area contributed by atoms with Crippen molar-refractivity contribution in [1.82, 2.24) is 9.97 Å². The van der Waals surface area contributed by atoms with E-state index in [-0.39, 0.29) is 10.5 Å². The van der Waals surface area contributed by atoms with Crippen LogP contribution in [0.25, 0.3) is 0 Å². The highest BCUT2D eigenvalue weighted by molar-refractivity contribution is 6.74. The van der Waals surface area contributed by atoms with Crippen LogP contribution in [0.5, 0.6) is 11.5 Å². The smallest absolute Gasteiger partial charge is 0.192 e. The Bertz CT molecular complexity index is 1150. The molecule has 0 radical (unpaired) electrons. The van der Waals surface area contributed by atoms with E-state index in [0.29, 0.717) is 6.61 Å². The molecule has 1 aliphatic heterocycles. The topological polar surface area (TPSA) is 47.5 Å². The maximum absolute atomic E-state index is 6.42. The van der Waals surface area contributed by atoms with E-state index in [4.69, 9.17) is 19.1 Å². The molecule has 5 nitrogen and oxygen atoms in total. The highest BCUT2D eigenvalue weighted by atomic mass is 28.4. The molecule has 1 spiro atoms. The van der Waals surface area contributed by atoms with Gasteiger partial charge < -0.3 is 14.1 Å². The summed E-state index contributed by atoms with van der Waals surface area (Å²) in [6.45, 7) is 12.7. The zero-order chi connectivity index (χ0) is 23.3. The molecular formula is C27H33N3O2Si. The van der Waals surface area contributed by atoms with Gasteiger partial charge in [0, 0.05) is 23.7 Å². The number of nitrogens with zero attached hydrogens (tertiary/aromatic N) is 3. The first-order valence-corrected chi connectivity index (χ1v) is 14.7. The minimum absolute atomic E-state index is 0.154. The summed E-state index contributed by atoms with van der Waals surface area (Å²) in [5.41, 5.74) is 2.48. The fourth-order valence-electron chi connectivity index (χ4n) is 4.14.